The third-order valence-electron chi connectivity index (χ3n) is 5.88. The summed E-state index contributed by atoms with van der Waals surface area (Å²) in [6.07, 6.45) is -0.656. The van der Waals surface area contributed by atoms with Gasteiger partial charge in [-0.25, -0.2) is 4.39 Å². The first-order valence-electron chi connectivity index (χ1n) is 10.2. The Labute approximate surface area is 191 Å². The molecule has 1 amide bonds. The lowest BCUT2D eigenvalue weighted by molar-refractivity contribution is -0.380. The van der Waals surface area contributed by atoms with Crippen LogP contribution in [0.2, 0.25) is 0 Å². The van der Waals surface area contributed by atoms with Crippen molar-refractivity contribution in [3.63, 3.8) is 0 Å². The van der Waals surface area contributed by atoms with Gasteiger partial charge in [-0.2, -0.15) is 9.78 Å². The van der Waals surface area contributed by atoms with Crippen molar-refractivity contribution >= 4 is 16.8 Å². The second-order valence-electron chi connectivity index (χ2n) is 8.09. The van der Waals surface area contributed by atoms with Gasteiger partial charge >= 0.3 is 6.10 Å². The minimum atomic E-state index is -3.20. The molecule has 0 radical (unpaired) electrons. The predicted molar refractivity (Wildman–Crippen MR) is 115 cm³/mol. The zero-order chi connectivity index (χ0) is 24.4. The quantitative estimate of drug-likeness (QED) is 0.278. The zero-order valence-corrected chi connectivity index (χ0v) is 17.7. The minimum Gasteiger partial charge on any atom is -0.344 e. The van der Waals surface area contributed by atoms with Crippen LogP contribution in [0.3, 0.4) is 0 Å². The molecular formula is C23H19FN4O6. The number of hydrogen-bond acceptors (Lipinski definition) is 8. The number of halogens is 1. The number of pyridine rings is 1. The molecule has 2 aromatic carbocycles. The Hall–Kier alpha value is -3.74. The van der Waals surface area contributed by atoms with Crippen LogP contribution in [-0.4, -0.2) is 51.1 Å². The summed E-state index contributed by atoms with van der Waals surface area (Å²) in [6.45, 7) is 1.21. The molecule has 1 aliphatic heterocycles. The lowest BCUT2D eigenvalue weighted by atomic mass is 9.97. The molecule has 0 bridgehead atoms. The van der Waals surface area contributed by atoms with E-state index in [0.29, 0.717) is 32.3 Å². The SMILES string of the molecule is Cc1cc(-c2cccc3nn(C(O)(O)O)cc23)cc(F)c1CN1C(=O)c2cccnc2C1(O)O. The molecule has 5 N–H and O–H groups in total. The van der Waals surface area contributed by atoms with Gasteiger partial charge in [-0.15, -0.1) is 0 Å². The number of carbonyl (C=O) groups excluding carboxylic acids is 1. The van der Waals surface area contributed by atoms with Gasteiger partial charge in [0.1, 0.15) is 11.5 Å². The van der Waals surface area contributed by atoms with E-state index in [1.807, 2.05) is 0 Å². The average molecular weight is 466 g/mol. The van der Waals surface area contributed by atoms with Gasteiger partial charge < -0.3 is 25.5 Å². The number of aryl methyl sites for hydroxylation is 1. The molecule has 11 heteroatoms. The fourth-order valence-electron chi connectivity index (χ4n) is 4.18. The second-order valence-corrected chi connectivity index (χ2v) is 8.09. The van der Waals surface area contributed by atoms with E-state index in [-0.39, 0.29) is 16.8 Å². The van der Waals surface area contributed by atoms with E-state index in [9.17, 15) is 30.3 Å². The maximum absolute atomic E-state index is 15.3. The Morgan fingerprint density at radius 2 is 1.82 bits per heavy atom. The van der Waals surface area contributed by atoms with Crippen molar-refractivity contribution in [1.29, 1.82) is 0 Å². The minimum absolute atomic E-state index is 0.0265. The molecule has 0 saturated carbocycles. The summed E-state index contributed by atoms with van der Waals surface area (Å²) in [6, 6.07) is 10.7. The number of amides is 1. The maximum atomic E-state index is 15.3. The third-order valence-corrected chi connectivity index (χ3v) is 5.88. The molecule has 174 valence electrons. The number of fused-ring (bicyclic) bond motifs is 2. The van der Waals surface area contributed by atoms with Crippen LogP contribution >= 0.6 is 0 Å². The Kier molecular flexibility index (Phi) is 4.79. The number of aliphatic hydroxyl groups is 5. The first-order valence-corrected chi connectivity index (χ1v) is 10.2. The maximum Gasteiger partial charge on any atom is 0.389 e. The molecule has 0 aliphatic carbocycles. The van der Waals surface area contributed by atoms with Crippen molar-refractivity contribution in [3.8, 4) is 11.1 Å². The Bertz CT molecular complexity index is 1440. The number of aromatic nitrogens is 3. The highest BCUT2D eigenvalue weighted by atomic mass is 19.1. The summed E-state index contributed by atoms with van der Waals surface area (Å²) in [7, 11) is 0. The highest BCUT2D eigenvalue weighted by Gasteiger charge is 2.49. The largest absolute Gasteiger partial charge is 0.389 e. The normalized spacial score (nSPS) is 15.3. The van der Waals surface area contributed by atoms with Crippen LogP contribution in [0, 0.1) is 12.7 Å². The van der Waals surface area contributed by atoms with Crippen LogP contribution in [0.4, 0.5) is 4.39 Å². The Morgan fingerprint density at radius 3 is 2.50 bits per heavy atom. The summed E-state index contributed by atoms with van der Waals surface area (Å²) in [5, 5.41) is 53.7. The highest BCUT2D eigenvalue weighted by molar-refractivity contribution is 5.99. The third kappa shape index (κ3) is 3.34. The fraction of sp³-hybridized carbons (Fsp3) is 0.174. The van der Waals surface area contributed by atoms with Gasteiger partial charge in [-0.05, 0) is 47.9 Å². The van der Waals surface area contributed by atoms with Gasteiger partial charge in [0.15, 0.2) is 0 Å². The second kappa shape index (κ2) is 7.38. The number of nitrogens with zero attached hydrogens (tertiary/aromatic N) is 4. The molecule has 34 heavy (non-hydrogen) atoms. The first kappa shape index (κ1) is 22.1. The molecule has 10 nitrogen and oxygen atoms in total. The summed E-state index contributed by atoms with van der Waals surface area (Å²) >= 11 is 0. The standard InChI is InChI=1S/C23H19FN4O6/c1-12-8-13(14-4-2-6-19-17(14)11-28(26-19)23(32,33)34)9-18(24)16(12)10-27-21(29)15-5-3-7-25-20(15)22(27,30)31/h2-9,11,30-34H,10H2,1H3. The summed E-state index contributed by atoms with van der Waals surface area (Å²) in [4.78, 5) is 17.4. The first-order chi connectivity index (χ1) is 16.0. The molecular weight excluding hydrogens is 447 g/mol. The Morgan fingerprint density at radius 1 is 1.09 bits per heavy atom. The summed E-state index contributed by atoms with van der Waals surface area (Å²) in [5.74, 6) is -4.06. The van der Waals surface area contributed by atoms with Gasteiger partial charge in [0.25, 0.3) is 11.8 Å². The molecule has 4 aromatic rings. The monoisotopic (exact) mass is 466 g/mol. The predicted octanol–water partition coefficient (Wildman–Crippen LogP) is 0.841. The number of carbonyl (C=O) groups is 1. The molecule has 5 rings (SSSR count). The van der Waals surface area contributed by atoms with Gasteiger partial charge in [0.05, 0.1) is 17.6 Å². The van der Waals surface area contributed by atoms with E-state index in [2.05, 4.69) is 10.1 Å². The number of hydrogen-bond donors (Lipinski definition) is 5. The van der Waals surface area contributed by atoms with Gasteiger partial charge in [0, 0.05) is 23.3 Å². The van der Waals surface area contributed by atoms with E-state index in [0.717, 1.165) is 4.90 Å². The van der Waals surface area contributed by atoms with Gasteiger partial charge in [-0.3, -0.25) is 14.7 Å². The van der Waals surface area contributed by atoms with Crippen molar-refractivity contribution in [2.75, 3.05) is 0 Å². The lowest BCUT2D eigenvalue weighted by Crippen LogP contribution is -2.43. The van der Waals surface area contributed by atoms with E-state index in [4.69, 9.17) is 0 Å². The van der Waals surface area contributed by atoms with Crippen LogP contribution < -0.4 is 0 Å². The van der Waals surface area contributed by atoms with Crippen molar-refractivity contribution in [2.45, 2.75) is 25.5 Å². The van der Waals surface area contributed by atoms with Crippen LogP contribution in [0.15, 0.2) is 54.9 Å². The van der Waals surface area contributed by atoms with E-state index in [1.54, 1.807) is 31.2 Å². The molecule has 3 heterocycles. The molecule has 2 aromatic heterocycles. The van der Waals surface area contributed by atoms with Crippen LogP contribution in [-0.2, 0) is 18.6 Å². The molecule has 0 atom stereocenters. The molecule has 0 unspecified atom stereocenters. The van der Waals surface area contributed by atoms with Crippen molar-refractivity contribution in [3.05, 3.63) is 83.1 Å². The zero-order valence-electron chi connectivity index (χ0n) is 17.7. The lowest BCUT2D eigenvalue weighted by Gasteiger charge is -2.28. The van der Waals surface area contributed by atoms with Crippen LogP contribution in [0.5, 0.6) is 0 Å². The molecule has 0 spiro atoms. The Balaban J connectivity index is 1.54. The van der Waals surface area contributed by atoms with E-state index >= 15 is 4.39 Å². The smallest absolute Gasteiger partial charge is 0.344 e. The molecule has 0 fully saturated rings. The average Bonchev–Trinajstić information content (AvgIpc) is 3.30. The van der Waals surface area contributed by atoms with E-state index in [1.165, 1.54) is 30.6 Å². The number of benzene rings is 2. The van der Waals surface area contributed by atoms with Crippen molar-refractivity contribution in [2.24, 2.45) is 0 Å². The van der Waals surface area contributed by atoms with Crippen molar-refractivity contribution in [1.82, 2.24) is 19.7 Å². The molecule has 1 aliphatic rings. The van der Waals surface area contributed by atoms with Gasteiger partial charge in [-0.1, -0.05) is 18.2 Å². The molecule has 0 saturated heterocycles. The highest BCUT2D eigenvalue weighted by Crippen LogP contribution is 2.37. The summed E-state index contributed by atoms with van der Waals surface area (Å²) < 4.78 is 15.9. The van der Waals surface area contributed by atoms with E-state index < -0.39 is 30.3 Å². The van der Waals surface area contributed by atoms with Crippen molar-refractivity contribution < 1.29 is 34.7 Å². The van der Waals surface area contributed by atoms with Crippen LogP contribution in [0.1, 0.15) is 27.2 Å². The van der Waals surface area contributed by atoms with Crippen LogP contribution in [0.25, 0.3) is 22.0 Å². The summed E-state index contributed by atoms with van der Waals surface area (Å²) in [5.41, 5.74) is 1.60. The van der Waals surface area contributed by atoms with Gasteiger partial charge in [0.2, 0.25) is 0 Å². The fourth-order valence-corrected chi connectivity index (χ4v) is 4.18. The topological polar surface area (TPSA) is 152 Å². The number of rotatable bonds is 4.